The van der Waals surface area contributed by atoms with Gasteiger partial charge in [-0.2, -0.15) is 0 Å². The molecule has 0 fully saturated rings. The van der Waals surface area contributed by atoms with E-state index in [1.165, 1.54) is 6.20 Å². The molecule has 2 N–H and O–H groups in total. The number of aromatic nitrogens is 2. The highest BCUT2D eigenvalue weighted by atomic mass is 16.3. The largest absolute Gasteiger partial charge is 0.395 e. The Morgan fingerprint density at radius 1 is 1.57 bits per heavy atom. The number of rotatable bonds is 3. The summed E-state index contributed by atoms with van der Waals surface area (Å²) >= 11 is 0. The van der Waals surface area contributed by atoms with E-state index in [1.54, 1.807) is 13.8 Å². The summed E-state index contributed by atoms with van der Waals surface area (Å²) in [5.74, 6) is 0.387. The molecule has 0 bridgehead atoms. The van der Waals surface area contributed by atoms with Crippen molar-refractivity contribution >= 4 is 5.91 Å². The number of nitrogens with zero attached hydrogens (tertiary/aromatic N) is 2. The van der Waals surface area contributed by atoms with Gasteiger partial charge in [-0.3, -0.25) is 4.79 Å². The Bertz CT molecular complexity index is 339. The predicted molar refractivity (Wildman–Crippen MR) is 50.9 cm³/mol. The molecule has 0 aliphatic carbocycles. The van der Waals surface area contributed by atoms with E-state index in [-0.39, 0.29) is 19.1 Å². The topological polar surface area (TPSA) is 75.1 Å². The Kier molecular flexibility index (Phi) is 3.53. The lowest BCUT2D eigenvalue weighted by Gasteiger charge is -2.05. The predicted octanol–water partition coefficient (Wildman–Crippen LogP) is -0.184. The van der Waals surface area contributed by atoms with Crippen molar-refractivity contribution in [3.63, 3.8) is 0 Å². The maximum absolute atomic E-state index is 11.4. The average Bonchev–Trinajstić information content (AvgIpc) is 2.14. The Morgan fingerprint density at radius 3 is 2.86 bits per heavy atom. The smallest absolute Gasteiger partial charge is 0.254 e. The molecule has 0 unspecified atom stereocenters. The minimum Gasteiger partial charge on any atom is -0.395 e. The van der Waals surface area contributed by atoms with Crippen LogP contribution in [0.1, 0.15) is 21.9 Å². The number of hydrogen-bond donors (Lipinski definition) is 2. The molecule has 0 aromatic carbocycles. The summed E-state index contributed by atoms with van der Waals surface area (Å²) in [4.78, 5) is 19.4. The van der Waals surface area contributed by atoms with E-state index in [0.29, 0.717) is 17.1 Å². The summed E-state index contributed by atoms with van der Waals surface area (Å²) in [5.41, 5.74) is 1.09. The van der Waals surface area contributed by atoms with E-state index in [0.717, 1.165) is 0 Å². The van der Waals surface area contributed by atoms with Crippen molar-refractivity contribution in [1.29, 1.82) is 0 Å². The molecule has 0 aliphatic heterocycles. The van der Waals surface area contributed by atoms with Crippen molar-refractivity contribution in [1.82, 2.24) is 15.3 Å². The second-order valence-corrected chi connectivity index (χ2v) is 2.90. The Balaban J connectivity index is 2.80. The first-order valence-electron chi connectivity index (χ1n) is 4.34. The van der Waals surface area contributed by atoms with Gasteiger partial charge in [0.05, 0.1) is 17.9 Å². The number of carbonyl (C=O) groups excluding carboxylic acids is 1. The van der Waals surface area contributed by atoms with Crippen LogP contribution in [0.4, 0.5) is 0 Å². The van der Waals surface area contributed by atoms with Crippen LogP contribution in [-0.2, 0) is 0 Å². The molecule has 0 saturated heterocycles. The molecule has 0 saturated carbocycles. The van der Waals surface area contributed by atoms with Crippen molar-refractivity contribution in [2.75, 3.05) is 13.2 Å². The Labute approximate surface area is 82.2 Å². The van der Waals surface area contributed by atoms with Gasteiger partial charge >= 0.3 is 0 Å². The molecule has 1 aromatic heterocycles. The molecular formula is C9H13N3O2. The molecule has 76 valence electrons. The number of aliphatic hydroxyl groups is 1. The van der Waals surface area contributed by atoms with Crippen molar-refractivity contribution < 1.29 is 9.90 Å². The molecular weight excluding hydrogens is 182 g/mol. The first kappa shape index (κ1) is 10.6. The summed E-state index contributed by atoms with van der Waals surface area (Å²) in [7, 11) is 0. The van der Waals surface area contributed by atoms with Crippen LogP contribution in [0.2, 0.25) is 0 Å². The molecule has 1 amide bonds. The van der Waals surface area contributed by atoms with Crippen molar-refractivity contribution in [3.05, 3.63) is 23.3 Å². The van der Waals surface area contributed by atoms with Crippen LogP contribution >= 0.6 is 0 Å². The summed E-state index contributed by atoms with van der Waals surface area (Å²) in [6, 6.07) is 0. The van der Waals surface area contributed by atoms with Gasteiger partial charge in [-0.15, -0.1) is 0 Å². The Morgan fingerprint density at radius 2 is 2.29 bits per heavy atom. The van der Waals surface area contributed by atoms with Crippen LogP contribution in [0.5, 0.6) is 0 Å². The Hall–Kier alpha value is -1.49. The molecule has 14 heavy (non-hydrogen) atoms. The number of carbonyl (C=O) groups is 1. The maximum Gasteiger partial charge on any atom is 0.254 e. The summed E-state index contributed by atoms with van der Waals surface area (Å²) in [6.45, 7) is 3.69. The highest BCUT2D eigenvalue weighted by molar-refractivity contribution is 5.94. The van der Waals surface area contributed by atoms with Crippen molar-refractivity contribution in [3.8, 4) is 0 Å². The van der Waals surface area contributed by atoms with Crippen molar-refractivity contribution in [2.45, 2.75) is 13.8 Å². The van der Waals surface area contributed by atoms with Gasteiger partial charge in [0.15, 0.2) is 0 Å². The van der Waals surface area contributed by atoms with Gasteiger partial charge in [0.2, 0.25) is 0 Å². The fourth-order valence-electron chi connectivity index (χ4n) is 1.07. The highest BCUT2D eigenvalue weighted by Gasteiger charge is 2.09. The molecule has 5 nitrogen and oxygen atoms in total. The van der Waals surface area contributed by atoms with Crippen LogP contribution in [0, 0.1) is 13.8 Å². The second-order valence-electron chi connectivity index (χ2n) is 2.90. The van der Waals surface area contributed by atoms with E-state index in [9.17, 15) is 4.79 Å². The maximum atomic E-state index is 11.4. The number of nitrogens with one attached hydrogen (secondary N) is 1. The normalized spacial score (nSPS) is 9.93. The lowest BCUT2D eigenvalue weighted by atomic mass is 10.2. The SMILES string of the molecule is Cc1ncc(C(=O)NCCO)c(C)n1. The lowest BCUT2D eigenvalue weighted by Crippen LogP contribution is -2.27. The minimum atomic E-state index is -0.253. The van der Waals surface area contributed by atoms with Gasteiger partial charge in [-0.05, 0) is 13.8 Å². The number of amides is 1. The zero-order valence-corrected chi connectivity index (χ0v) is 8.24. The number of hydrogen-bond acceptors (Lipinski definition) is 4. The van der Waals surface area contributed by atoms with Gasteiger partial charge in [0.1, 0.15) is 5.82 Å². The van der Waals surface area contributed by atoms with E-state index in [2.05, 4.69) is 15.3 Å². The molecule has 1 heterocycles. The molecule has 5 heteroatoms. The molecule has 0 radical (unpaired) electrons. The number of aliphatic hydroxyl groups excluding tert-OH is 1. The zero-order valence-electron chi connectivity index (χ0n) is 8.24. The average molecular weight is 195 g/mol. The fourth-order valence-corrected chi connectivity index (χ4v) is 1.07. The highest BCUT2D eigenvalue weighted by Crippen LogP contribution is 2.02. The summed E-state index contributed by atoms with van der Waals surface area (Å²) < 4.78 is 0. The molecule has 1 rings (SSSR count). The van der Waals surface area contributed by atoms with Crippen LogP contribution < -0.4 is 5.32 Å². The third kappa shape index (κ3) is 2.50. The summed E-state index contributed by atoms with van der Waals surface area (Å²) in [6.07, 6.45) is 1.49. The van der Waals surface area contributed by atoms with Gasteiger partial charge in [0.25, 0.3) is 5.91 Å². The van der Waals surface area contributed by atoms with Crippen molar-refractivity contribution in [2.24, 2.45) is 0 Å². The quantitative estimate of drug-likeness (QED) is 0.701. The third-order valence-electron chi connectivity index (χ3n) is 1.74. The van der Waals surface area contributed by atoms with Gasteiger partial charge < -0.3 is 10.4 Å². The van der Waals surface area contributed by atoms with Crippen LogP contribution in [0.25, 0.3) is 0 Å². The van der Waals surface area contributed by atoms with Gasteiger partial charge in [-0.25, -0.2) is 9.97 Å². The molecule has 0 atom stereocenters. The monoisotopic (exact) mass is 195 g/mol. The van der Waals surface area contributed by atoms with Gasteiger partial charge in [0, 0.05) is 12.7 Å². The zero-order chi connectivity index (χ0) is 10.6. The molecule has 0 aliphatic rings. The van der Waals surface area contributed by atoms with Crippen LogP contribution in [0.15, 0.2) is 6.20 Å². The van der Waals surface area contributed by atoms with E-state index in [4.69, 9.17) is 5.11 Å². The minimum absolute atomic E-state index is 0.0719. The molecule has 0 spiro atoms. The second kappa shape index (κ2) is 4.66. The van der Waals surface area contributed by atoms with E-state index in [1.807, 2.05) is 0 Å². The standard InChI is InChI=1S/C9H13N3O2/c1-6-8(5-11-7(2)12-6)9(14)10-3-4-13/h5,13H,3-4H2,1-2H3,(H,10,14). The van der Waals surface area contributed by atoms with E-state index < -0.39 is 0 Å². The van der Waals surface area contributed by atoms with Gasteiger partial charge in [-0.1, -0.05) is 0 Å². The third-order valence-corrected chi connectivity index (χ3v) is 1.74. The fraction of sp³-hybridized carbons (Fsp3) is 0.444. The number of aryl methyl sites for hydroxylation is 2. The summed E-state index contributed by atoms with van der Waals surface area (Å²) in [5, 5.41) is 11.1. The first-order valence-corrected chi connectivity index (χ1v) is 4.34. The lowest BCUT2D eigenvalue weighted by molar-refractivity contribution is 0.0943. The van der Waals surface area contributed by atoms with Crippen LogP contribution in [0.3, 0.4) is 0 Å². The van der Waals surface area contributed by atoms with Crippen LogP contribution in [-0.4, -0.2) is 34.1 Å². The first-order chi connectivity index (χ1) is 6.65. The van der Waals surface area contributed by atoms with E-state index >= 15 is 0 Å². The molecule has 1 aromatic rings.